The Morgan fingerprint density at radius 3 is 2.68 bits per heavy atom. The van der Waals surface area contributed by atoms with Crippen molar-refractivity contribution in [3.63, 3.8) is 0 Å². The molecule has 4 nitrogen and oxygen atoms in total. The molecule has 0 spiro atoms. The monoisotopic (exact) mass is 286 g/mol. The molecular weight excluding hydrogens is 264 g/mol. The van der Waals surface area contributed by atoms with Gasteiger partial charge in [0.2, 0.25) is 0 Å². The number of benzene rings is 1. The Bertz CT molecular complexity index is 397. The van der Waals surface area contributed by atoms with Gasteiger partial charge in [-0.3, -0.25) is 4.79 Å². The van der Waals surface area contributed by atoms with Crippen LogP contribution in [0.25, 0.3) is 0 Å². The van der Waals surface area contributed by atoms with E-state index in [1.807, 2.05) is 39.1 Å². The van der Waals surface area contributed by atoms with Crippen LogP contribution in [-0.2, 0) is 4.79 Å². The van der Waals surface area contributed by atoms with E-state index < -0.39 is 0 Å². The standard InChI is InChI=1S/C14H22N2O2.ClH/c1-11-5-6-12(2)13(9-11)18-10-14(17)16-8-4-7-15-3;/h5-6,9,15H,4,7-8,10H2,1-3H3,(H,16,17);1H. The summed E-state index contributed by atoms with van der Waals surface area (Å²) in [5.74, 6) is 0.701. The van der Waals surface area contributed by atoms with E-state index in [2.05, 4.69) is 10.6 Å². The number of carbonyl (C=O) groups is 1. The lowest BCUT2D eigenvalue weighted by atomic mass is 10.1. The zero-order valence-corrected chi connectivity index (χ0v) is 12.6. The molecule has 0 aliphatic rings. The molecule has 1 aromatic carbocycles. The van der Waals surface area contributed by atoms with Crippen LogP contribution in [0.1, 0.15) is 17.5 Å². The lowest BCUT2D eigenvalue weighted by molar-refractivity contribution is -0.123. The molecule has 0 aliphatic carbocycles. The van der Waals surface area contributed by atoms with E-state index in [0.29, 0.717) is 6.54 Å². The normalized spacial score (nSPS) is 9.63. The molecule has 1 amide bonds. The van der Waals surface area contributed by atoms with Crippen LogP contribution in [0.3, 0.4) is 0 Å². The second kappa shape index (κ2) is 9.64. The Morgan fingerprint density at radius 2 is 2.00 bits per heavy atom. The number of amides is 1. The Morgan fingerprint density at radius 1 is 1.26 bits per heavy atom. The average molecular weight is 287 g/mol. The second-order valence-electron chi connectivity index (χ2n) is 4.36. The molecule has 1 aromatic rings. The molecular formula is C14H23ClN2O2. The number of nitrogens with one attached hydrogen (secondary N) is 2. The summed E-state index contributed by atoms with van der Waals surface area (Å²) in [7, 11) is 1.89. The van der Waals surface area contributed by atoms with Gasteiger partial charge in [-0.05, 0) is 51.1 Å². The number of halogens is 1. The minimum atomic E-state index is -0.0768. The SMILES string of the molecule is CNCCCNC(=O)COc1cc(C)ccc1C.Cl. The third kappa shape index (κ3) is 7.03. The summed E-state index contributed by atoms with van der Waals surface area (Å²) in [5.41, 5.74) is 2.17. The van der Waals surface area contributed by atoms with E-state index in [9.17, 15) is 4.79 Å². The average Bonchev–Trinajstić information content (AvgIpc) is 2.36. The van der Waals surface area contributed by atoms with Crippen molar-refractivity contribution < 1.29 is 9.53 Å². The number of rotatable bonds is 7. The van der Waals surface area contributed by atoms with Crippen molar-refractivity contribution >= 4 is 18.3 Å². The quantitative estimate of drug-likeness (QED) is 0.752. The highest BCUT2D eigenvalue weighted by molar-refractivity contribution is 5.85. The number of hydrogen-bond donors (Lipinski definition) is 2. The maximum atomic E-state index is 11.5. The second-order valence-corrected chi connectivity index (χ2v) is 4.36. The van der Waals surface area contributed by atoms with E-state index in [-0.39, 0.29) is 24.9 Å². The van der Waals surface area contributed by atoms with E-state index in [1.54, 1.807) is 0 Å². The molecule has 108 valence electrons. The summed E-state index contributed by atoms with van der Waals surface area (Å²) in [6.07, 6.45) is 0.922. The zero-order valence-electron chi connectivity index (χ0n) is 11.8. The summed E-state index contributed by atoms with van der Waals surface area (Å²) in [4.78, 5) is 11.5. The third-order valence-electron chi connectivity index (χ3n) is 2.63. The number of carbonyl (C=O) groups excluding carboxylic acids is 1. The van der Waals surface area contributed by atoms with Crippen LogP contribution in [0.4, 0.5) is 0 Å². The Kier molecular flexibility index (Phi) is 9.00. The highest BCUT2D eigenvalue weighted by atomic mass is 35.5. The van der Waals surface area contributed by atoms with E-state index in [0.717, 1.165) is 29.8 Å². The van der Waals surface area contributed by atoms with Gasteiger partial charge in [0.1, 0.15) is 5.75 Å². The molecule has 0 saturated heterocycles. The van der Waals surface area contributed by atoms with Crippen molar-refractivity contribution in [3.05, 3.63) is 29.3 Å². The van der Waals surface area contributed by atoms with Gasteiger partial charge in [-0.1, -0.05) is 12.1 Å². The predicted octanol–water partition coefficient (Wildman–Crippen LogP) is 1.83. The molecule has 0 bridgehead atoms. The first-order valence-corrected chi connectivity index (χ1v) is 6.25. The molecule has 0 radical (unpaired) electrons. The van der Waals surface area contributed by atoms with Gasteiger partial charge in [0.25, 0.3) is 5.91 Å². The van der Waals surface area contributed by atoms with E-state index in [4.69, 9.17) is 4.74 Å². The molecule has 0 atom stereocenters. The van der Waals surface area contributed by atoms with Gasteiger partial charge < -0.3 is 15.4 Å². The fourth-order valence-corrected chi connectivity index (χ4v) is 1.55. The molecule has 0 unspecified atom stereocenters. The largest absolute Gasteiger partial charge is 0.483 e. The van der Waals surface area contributed by atoms with Gasteiger partial charge in [-0.15, -0.1) is 12.4 Å². The van der Waals surface area contributed by atoms with Crippen molar-refractivity contribution in [2.24, 2.45) is 0 Å². The highest BCUT2D eigenvalue weighted by Crippen LogP contribution is 2.18. The Labute approximate surface area is 121 Å². The van der Waals surface area contributed by atoms with Crippen LogP contribution in [0.15, 0.2) is 18.2 Å². The summed E-state index contributed by atoms with van der Waals surface area (Å²) >= 11 is 0. The predicted molar refractivity (Wildman–Crippen MR) is 80.2 cm³/mol. The molecule has 0 aromatic heterocycles. The first-order valence-electron chi connectivity index (χ1n) is 6.25. The molecule has 0 aliphatic heterocycles. The molecule has 0 fully saturated rings. The van der Waals surface area contributed by atoms with Crippen molar-refractivity contribution in [3.8, 4) is 5.75 Å². The smallest absolute Gasteiger partial charge is 0.257 e. The first kappa shape index (κ1) is 17.7. The van der Waals surface area contributed by atoms with Gasteiger partial charge in [0, 0.05) is 6.54 Å². The minimum absolute atomic E-state index is 0. The van der Waals surface area contributed by atoms with Gasteiger partial charge in [-0.25, -0.2) is 0 Å². The first-order chi connectivity index (χ1) is 8.63. The summed E-state index contributed by atoms with van der Waals surface area (Å²) in [6.45, 7) is 5.63. The summed E-state index contributed by atoms with van der Waals surface area (Å²) in [5, 5.41) is 5.85. The topological polar surface area (TPSA) is 50.4 Å². The lowest BCUT2D eigenvalue weighted by Gasteiger charge is -2.10. The van der Waals surface area contributed by atoms with Crippen LogP contribution < -0.4 is 15.4 Å². The zero-order chi connectivity index (χ0) is 13.4. The summed E-state index contributed by atoms with van der Waals surface area (Å²) < 4.78 is 5.51. The van der Waals surface area contributed by atoms with Gasteiger partial charge in [-0.2, -0.15) is 0 Å². The summed E-state index contributed by atoms with van der Waals surface area (Å²) in [6, 6.07) is 5.97. The van der Waals surface area contributed by atoms with Gasteiger partial charge in [0.05, 0.1) is 0 Å². The molecule has 2 N–H and O–H groups in total. The number of hydrogen-bond acceptors (Lipinski definition) is 3. The van der Waals surface area contributed by atoms with Crippen molar-refractivity contribution in [2.45, 2.75) is 20.3 Å². The van der Waals surface area contributed by atoms with Gasteiger partial charge in [0.15, 0.2) is 6.61 Å². The molecule has 0 heterocycles. The van der Waals surface area contributed by atoms with Crippen molar-refractivity contribution in [1.82, 2.24) is 10.6 Å². The van der Waals surface area contributed by atoms with Crippen molar-refractivity contribution in [1.29, 1.82) is 0 Å². The van der Waals surface area contributed by atoms with Crippen molar-refractivity contribution in [2.75, 3.05) is 26.7 Å². The van der Waals surface area contributed by atoms with Crippen LogP contribution in [0, 0.1) is 13.8 Å². The Balaban J connectivity index is 0.00000324. The fourth-order valence-electron chi connectivity index (χ4n) is 1.55. The third-order valence-corrected chi connectivity index (χ3v) is 2.63. The molecule has 1 rings (SSSR count). The number of aryl methyl sites for hydroxylation is 2. The van der Waals surface area contributed by atoms with Crippen LogP contribution in [-0.4, -0.2) is 32.7 Å². The Hall–Kier alpha value is -1.26. The minimum Gasteiger partial charge on any atom is -0.483 e. The van der Waals surface area contributed by atoms with Crippen LogP contribution >= 0.6 is 12.4 Å². The maximum Gasteiger partial charge on any atom is 0.257 e. The highest BCUT2D eigenvalue weighted by Gasteiger charge is 2.04. The lowest BCUT2D eigenvalue weighted by Crippen LogP contribution is -2.31. The molecule has 5 heteroatoms. The fraction of sp³-hybridized carbons (Fsp3) is 0.500. The maximum absolute atomic E-state index is 11.5. The molecule has 19 heavy (non-hydrogen) atoms. The number of ether oxygens (including phenoxy) is 1. The van der Waals surface area contributed by atoms with E-state index in [1.165, 1.54) is 0 Å². The molecule has 0 saturated carbocycles. The van der Waals surface area contributed by atoms with Crippen LogP contribution in [0.2, 0.25) is 0 Å². The van der Waals surface area contributed by atoms with Crippen LogP contribution in [0.5, 0.6) is 5.75 Å². The van der Waals surface area contributed by atoms with E-state index >= 15 is 0 Å². The van der Waals surface area contributed by atoms with Gasteiger partial charge >= 0.3 is 0 Å².